The third kappa shape index (κ3) is 6.10. The summed E-state index contributed by atoms with van der Waals surface area (Å²) in [4.78, 5) is 24.2. The van der Waals surface area contributed by atoms with Gasteiger partial charge in [-0.1, -0.05) is 36.4 Å². The van der Waals surface area contributed by atoms with Crippen LogP contribution in [-0.2, 0) is 4.79 Å². The van der Waals surface area contributed by atoms with Crippen LogP contribution >= 0.6 is 0 Å². The number of carbonyl (C=O) groups excluding carboxylic acids is 2. The first-order chi connectivity index (χ1) is 14.4. The van der Waals surface area contributed by atoms with Crippen molar-refractivity contribution in [3.05, 3.63) is 89.5 Å². The monoisotopic (exact) mass is 403 g/mol. The zero-order chi connectivity index (χ0) is 21.5. The summed E-state index contributed by atoms with van der Waals surface area (Å²) >= 11 is 0. The minimum absolute atomic E-state index is 0.0325. The molecule has 3 aromatic rings. The molecule has 6 nitrogen and oxygen atoms in total. The molecule has 0 aliphatic carbocycles. The fourth-order valence-electron chi connectivity index (χ4n) is 3.29. The number of primary amides is 1. The highest BCUT2D eigenvalue weighted by Gasteiger charge is 2.18. The number of carbonyl (C=O) groups is 2. The van der Waals surface area contributed by atoms with Crippen LogP contribution in [0.2, 0.25) is 0 Å². The SMILES string of the molecule is Cc1cc(C)cc(NC(=O)C[C@H](NC(N)=O)c2cccc(Oc3ccccc3)c2)c1. The molecule has 0 bridgehead atoms. The molecule has 30 heavy (non-hydrogen) atoms. The van der Waals surface area contributed by atoms with E-state index in [-0.39, 0.29) is 12.3 Å². The van der Waals surface area contributed by atoms with Crippen LogP contribution in [0.15, 0.2) is 72.8 Å². The van der Waals surface area contributed by atoms with Crippen LogP contribution < -0.4 is 21.1 Å². The molecule has 3 aromatic carbocycles. The number of benzene rings is 3. The molecule has 3 rings (SSSR count). The average Bonchev–Trinajstić information content (AvgIpc) is 2.67. The number of ether oxygens (including phenoxy) is 1. The van der Waals surface area contributed by atoms with Crippen molar-refractivity contribution >= 4 is 17.6 Å². The lowest BCUT2D eigenvalue weighted by Crippen LogP contribution is -2.35. The van der Waals surface area contributed by atoms with Crippen molar-refractivity contribution in [2.24, 2.45) is 5.73 Å². The van der Waals surface area contributed by atoms with Crippen molar-refractivity contribution in [2.75, 3.05) is 5.32 Å². The van der Waals surface area contributed by atoms with Gasteiger partial charge in [0.1, 0.15) is 11.5 Å². The Kier molecular flexibility index (Phi) is 6.70. The highest BCUT2D eigenvalue weighted by Crippen LogP contribution is 2.26. The molecule has 1 atom stereocenters. The van der Waals surface area contributed by atoms with E-state index in [1.807, 2.05) is 80.6 Å². The molecule has 154 valence electrons. The maximum Gasteiger partial charge on any atom is 0.312 e. The number of aryl methyl sites for hydroxylation is 2. The Hall–Kier alpha value is -3.80. The topological polar surface area (TPSA) is 93.5 Å². The van der Waals surface area contributed by atoms with E-state index in [1.165, 1.54) is 0 Å². The zero-order valence-corrected chi connectivity index (χ0v) is 17.0. The van der Waals surface area contributed by atoms with Crippen LogP contribution in [0.5, 0.6) is 11.5 Å². The molecule has 4 N–H and O–H groups in total. The van der Waals surface area contributed by atoms with Crippen LogP contribution in [0.4, 0.5) is 10.5 Å². The number of hydrogen-bond donors (Lipinski definition) is 3. The minimum Gasteiger partial charge on any atom is -0.457 e. The number of nitrogens with one attached hydrogen (secondary N) is 2. The lowest BCUT2D eigenvalue weighted by atomic mass is 10.0. The summed E-state index contributed by atoms with van der Waals surface area (Å²) in [5.74, 6) is 1.07. The number of nitrogens with two attached hydrogens (primary N) is 1. The maximum atomic E-state index is 12.6. The number of amides is 3. The van der Waals surface area contributed by atoms with Gasteiger partial charge < -0.3 is 21.1 Å². The van der Waals surface area contributed by atoms with Gasteiger partial charge >= 0.3 is 6.03 Å². The van der Waals surface area contributed by atoms with Gasteiger partial charge in [0.25, 0.3) is 0 Å². The molecule has 0 spiro atoms. The van der Waals surface area contributed by atoms with E-state index in [4.69, 9.17) is 10.5 Å². The number of para-hydroxylation sites is 1. The van der Waals surface area contributed by atoms with Gasteiger partial charge in [-0.15, -0.1) is 0 Å². The Labute approximate surface area is 176 Å². The molecular formula is C24H25N3O3. The Morgan fingerprint density at radius 1 is 0.900 bits per heavy atom. The molecule has 0 radical (unpaired) electrons. The predicted molar refractivity (Wildman–Crippen MR) is 118 cm³/mol. The van der Waals surface area contributed by atoms with Gasteiger partial charge in [0, 0.05) is 5.69 Å². The van der Waals surface area contributed by atoms with Crippen molar-refractivity contribution in [2.45, 2.75) is 26.3 Å². The summed E-state index contributed by atoms with van der Waals surface area (Å²) in [5, 5.41) is 5.54. The van der Waals surface area contributed by atoms with Gasteiger partial charge in [-0.25, -0.2) is 4.79 Å². The van der Waals surface area contributed by atoms with Gasteiger partial charge in [-0.3, -0.25) is 4.79 Å². The molecule has 0 saturated carbocycles. The van der Waals surface area contributed by atoms with Crippen molar-refractivity contribution in [3.63, 3.8) is 0 Å². The van der Waals surface area contributed by atoms with Crippen LogP contribution in [0.3, 0.4) is 0 Å². The van der Waals surface area contributed by atoms with Crippen LogP contribution in [-0.4, -0.2) is 11.9 Å². The van der Waals surface area contributed by atoms with Gasteiger partial charge in [-0.2, -0.15) is 0 Å². The van der Waals surface area contributed by atoms with E-state index in [0.29, 0.717) is 11.5 Å². The summed E-state index contributed by atoms with van der Waals surface area (Å²) in [5.41, 5.74) is 8.90. The molecule has 0 aliphatic rings. The number of urea groups is 1. The van der Waals surface area contributed by atoms with Crippen LogP contribution in [0.1, 0.15) is 29.2 Å². The smallest absolute Gasteiger partial charge is 0.312 e. The minimum atomic E-state index is -0.700. The first kappa shape index (κ1) is 20.9. The van der Waals surface area contributed by atoms with Gasteiger partial charge in [0.2, 0.25) is 5.91 Å². The zero-order valence-electron chi connectivity index (χ0n) is 17.0. The first-order valence-electron chi connectivity index (χ1n) is 9.66. The largest absolute Gasteiger partial charge is 0.457 e. The summed E-state index contributed by atoms with van der Waals surface area (Å²) in [6.45, 7) is 3.94. The Bertz CT molecular complexity index is 1010. The molecule has 0 unspecified atom stereocenters. The lowest BCUT2D eigenvalue weighted by Gasteiger charge is -2.19. The molecule has 0 saturated heterocycles. The highest BCUT2D eigenvalue weighted by molar-refractivity contribution is 5.91. The summed E-state index contributed by atoms with van der Waals surface area (Å²) in [7, 11) is 0. The van der Waals surface area contributed by atoms with E-state index in [0.717, 1.165) is 22.4 Å². The summed E-state index contributed by atoms with van der Waals surface area (Å²) in [6, 6.07) is 21.1. The number of anilines is 1. The predicted octanol–water partition coefficient (Wildman–Crippen LogP) is 4.83. The molecule has 0 aliphatic heterocycles. The van der Waals surface area contributed by atoms with Crippen molar-refractivity contribution < 1.29 is 14.3 Å². The van der Waals surface area contributed by atoms with E-state index in [1.54, 1.807) is 6.07 Å². The molecule has 6 heteroatoms. The Morgan fingerprint density at radius 3 is 2.23 bits per heavy atom. The quantitative estimate of drug-likeness (QED) is 0.527. The van der Waals surface area contributed by atoms with E-state index < -0.39 is 12.1 Å². The van der Waals surface area contributed by atoms with E-state index in [2.05, 4.69) is 10.6 Å². The Balaban J connectivity index is 1.76. The van der Waals surface area contributed by atoms with Crippen molar-refractivity contribution in [3.8, 4) is 11.5 Å². The number of hydrogen-bond acceptors (Lipinski definition) is 3. The van der Waals surface area contributed by atoms with Gasteiger partial charge in [0.05, 0.1) is 12.5 Å². The average molecular weight is 403 g/mol. The van der Waals surface area contributed by atoms with E-state index in [9.17, 15) is 9.59 Å². The van der Waals surface area contributed by atoms with E-state index >= 15 is 0 Å². The fraction of sp³-hybridized carbons (Fsp3) is 0.167. The highest BCUT2D eigenvalue weighted by atomic mass is 16.5. The Morgan fingerprint density at radius 2 is 1.57 bits per heavy atom. The number of rotatable bonds is 7. The molecular weight excluding hydrogens is 378 g/mol. The maximum absolute atomic E-state index is 12.6. The third-order valence-corrected chi connectivity index (χ3v) is 4.45. The third-order valence-electron chi connectivity index (χ3n) is 4.45. The molecule has 0 heterocycles. The summed E-state index contributed by atoms with van der Waals surface area (Å²) in [6.07, 6.45) is 0.0325. The summed E-state index contributed by atoms with van der Waals surface area (Å²) < 4.78 is 5.86. The second kappa shape index (κ2) is 9.60. The molecule has 0 aromatic heterocycles. The lowest BCUT2D eigenvalue weighted by molar-refractivity contribution is -0.116. The van der Waals surface area contributed by atoms with Gasteiger partial charge in [0.15, 0.2) is 0 Å². The van der Waals surface area contributed by atoms with Crippen LogP contribution in [0.25, 0.3) is 0 Å². The fourth-order valence-corrected chi connectivity index (χ4v) is 3.29. The van der Waals surface area contributed by atoms with Crippen molar-refractivity contribution in [1.82, 2.24) is 5.32 Å². The first-order valence-corrected chi connectivity index (χ1v) is 9.66. The normalized spacial score (nSPS) is 11.4. The second-order valence-electron chi connectivity index (χ2n) is 7.18. The van der Waals surface area contributed by atoms with Gasteiger partial charge in [-0.05, 0) is 66.9 Å². The standard InChI is InChI=1S/C24H25N3O3/c1-16-11-17(2)13-19(12-16)26-23(28)15-22(27-24(25)29)18-7-6-10-21(14-18)30-20-8-4-3-5-9-20/h3-14,22H,15H2,1-2H3,(H,26,28)(H3,25,27,29)/t22-/m0/s1. The van der Waals surface area contributed by atoms with Crippen molar-refractivity contribution in [1.29, 1.82) is 0 Å². The van der Waals surface area contributed by atoms with Crippen LogP contribution in [0, 0.1) is 13.8 Å². The molecule has 0 fully saturated rings. The molecule has 3 amide bonds. The second-order valence-corrected chi connectivity index (χ2v) is 7.18.